The van der Waals surface area contributed by atoms with Gasteiger partial charge in [-0.1, -0.05) is 30.3 Å². The minimum Gasteiger partial charge on any atom is -0.368 e. The first-order valence-corrected chi connectivity index (χ1v) is 10.5. The molecule has 1 saturated carbocycles. The quantitative estimate of drug-likeness (QED) is 0.714. The van der Waals surface area contributed by atoms with E-state index in [9.17, 15) is 8.42 Å². The van der Waals surface area contributed by atoms with Crippen LogP contribution in [0.1, 0.15) is 25.7 Å². The van der Waals surface area contributed by atoms with Gasteiger partial charge in [-0.15, -0.1) is 0 Å². The minimum absolute atomic E-state index is 0.200. The van der Waals surface area contributed by atoms with E-state index >= 15 is 0 Å². The van der Waals surface area contributed by atoms with Crippen LogP contribution in [0.25, 0.3) is 11.1 Å². The highest BCUT2D eigenvalue weighted by molar-refractivity contribution is 7.89. The number of nitrogens with zero attached hydrogens (tertiary/aromatic N) is 2. The maximum Gasteiger partial charge on any atom is 0.221 e. The number of sulfonamides is 1. The number of aromatic nitrogens is 2. The lowest BCUT2D eigenvalue weighted by Crippen LogP contribution is -2.32. The molecule has 0 atom stereocenters. The molecular formula is C18H25N5O2S. The summed E-state index contributed by atoms with van der Waals surface area (Å²) in [5.74, 6) is 1.37. The van der Waals surface area contributed by atoms with Crippen LogP contribution in [0.5, 0.6) is 0 Å². The molecule has 4 N–H and O–H groups in total. The molecule has 1 aliphatic rings. The van der Waals surface area contributed by atoms with Crippen molar-refractivity contribution in [1.29, 1.82) is 0 Å². The fourth-order valence-electron chi connectivity index (χ4n) is 3.39. The fraction of sp³-hybridized carbons (Fsp3) is 0.444. The lowest BCUT2D eigenvalue weighted by atomic mass is 9.87. The highest BCUT2D eigenvalue weighted by Gasteiger charge is 2.25. The maximum absolute atomic E-state index is 11.7. The summed E-state index contributed by atoms with van der Waals surface area (Å²) in [7, 11) is -1.69. The molecule has 2 aromatic rings. The molecule has 0 radical (unpaired) electrons. The summed E-state index contributed by atoms with van der Waals surface area (Å²) in [6.07, 6.45) is 5.30. The Balaban J connectivity index is 1.68. The summed E-state index contributed by atoms with van der Waals surface area (Å²) < 4.78 is 25.8. The van der Waals surface area contributed by atoms with Crippen molar-refractivity contribution in [3.63, 3.8) is 0 Å². The Kier molecular flexibility index (Phi) is 5.73. The van der Waals surface area contributed by atoms with E-state index < -0.39 is 10.0 Å². The molecule has 140 valence electrons. The van der Waals surface area contributed by atoms with Gasteiger partial charge in [0.25, 0.3) is 0 Å². The number of anilines is 2. The molecule has 0 aliphatic heterocycles. The predicted octanol–water partition coefficient (Wildman–Crippen LogP) is 2.25. The number of rotatable bonds is 6. The van der Waals surface area contributed by atoms with Gasteiger partial charge >= 0.3 is 0 Å². The van der Waals surface area contributed by atoms with Crippen molar-refractivity contribution in [2.75, 3.05) is 23.9 Å². The largest absolute Gasteiger partial charge is 0.368 e. The first-order chi connectivity index (χ1) is 12.5. The molecular weight excluding hydrogens is 350 g/mol. The zero-order valence-corrected chi connectivity index (χ0v) is 15.7. The van der Waals surface area contributed by atoms with Crippen LogP contribution >= 0.6 is 0 Å². The van der Waals surface area contributed by atoms with E-state index in [0.717, 1.165) is 42.6 Å². The molecule has 1 aliphatic carbocycles. The van der Waals surface area contributed by atoms with Crippen LogP contribution in [0, 0.1) is 5.92 Å². The second-order valence-corrected chi connectivity index (χ2v) is 8.68. The minimum atomic E-state index is -3.15. The molecule has 1 heterocycles. The van der Waals surface area contributed by atoms with Crippen molar-refractivity contribution in [3.05, 3.63) is 36.5 Å². The first-order valence-electron chi connectivity index (χ1n) is 8.82. The van der Waals surface area contributed by atoms with E-state index in [1.165, 1.54) is 7.05 Å². The highest BCUT2D eigenvalue weighted by Crippen LogP contribution is 2.31. The summed E-state index contributed by atoms with van der Waals surface area (Å²) >= 11 is 0. The number of nitrogen functional groups attached to an aromatic ring is 1. The Morgan fingerprint density at radius 3 is 2.50 bits per heavy atom. The van der Waals surface area contributed by atoms with Crippen LogP contribution < -0.4 is 15.8 Å². The van der Waals surface area contributed by atoms with Crippen molar-refractivity contribution in [2.24, 2.45) is 5.92 Å². The van der Waals surface area contributed by atoms with E-state index in [1.807, 2.05) is 30.3 Å². The Bertz CT molecular complexity index is 834. The van der Waals surface area contributed by atoms with Gasteiger partial charge in [-0.25, -0.2) is 18.1 Å². The van der Waals surface area contributed by atoms with Crippen LogP contribution in [0.4, 0.5) is 11.8 Å². The zero-order chi connectivity index (χ0) is 18.6. The molecule has 1 aromatic heterocycles. The second kappa shape index (κ2) is 8.01. The van der Waals surface area contributed by atoms with E-state index in [4.69, 9.17) is 5.73 Å². The third kappa shape index (κ3) is 4.70. The zero-order valence-electron chi connectivity index (χ0n) is 14.9. The van der Waals surface area contributed by atoms with E-state index in [2.05, 4.69) is 20.0 Å². The first kappa shape index (κ1) is 18.6. The number of nitrogens with two attached hydrogens (primary N) is 1. The number of hydrogen-bond donors (Lipinski definition) is 3. The van der Waals surface area contributed by atoms with Crippen molar-refractivity contribution in [2.45, 2.75) is 31.7 Å². The molecule has 0 amide bonds. The number of hydrogen-bond acceptors (Lipinski definition) is 6. The summed E-state index contributed by atoms with van der Waals surface area (Å²) in [6.45, 7) is 0. The standard InChI is InChI=1S/C18H25N5O2S/c1-20-26(24,25)12-13-7-9-15(10-8-13)22-17-16(11-21-18(19)23-17)14-5-3-2-4-6-14/h2-6,11,13,15,20H,7-10,12H2,1H3,(H3,19,21,22,23). The molecule has 3 rings (SSSR count). The van der Waals surface area contributed by atoms with Gasteiger partial charge in [-0.05, 0) is 44.2 Å². The lowest BCUT2D eigenvalue weighted by Gasteiger charge is -2.29. The van der Waals surface area contributed by atoms with Crippen LogP contribution in [-0.4, -0.2) is 37.2 Å². The monoisotopic (exact) mass is 375 g/mol. The third-order valence-corrected chi connectivity index (χ3v) is 6.38. The van der Waals surface area contributed by atoms with Gasteiger partial charge in [0.2, 0.25) is 16.0 Å². The molecule has 8 heteroatoms. The van der Waals surface area contributed by atoms with Gasteiger partial charge in [0.1, 0.15) is 5.82 Å². The average molecular weight is 375 g/mol. The lowest BCUT2D eigenvalue weighted by molar-refractivity contribution is 0.360. The van der Waals surface area contributed by atoms with Gasteiger partial charge in [0.05, 0.1) is 5.75 Å². The Labute approximate surface area is 154 Å². The Morgan fingerprint density at radius 1 is 1.15 bits per heavy atom. The number of nitrogens with one attached hydrogen (secondary N) is 2. The van der Waals surface area contributed by atoms with Crippen LogP contribution in [0.2, 0.25) is 0 Å². The molecule has 1 aromatic carbocycles. The summed E-state index contributed by atoms with van der Waals surface area (Å²) in [5.41, 5.74) is 7.73. The second-order valence-electron chi connectivity index (χ2n) is 6.70. The topological polar surface area (TPSA) is 110 Å². The van der Waals surface area contributed by atoms with Gasteiger partial charge < -0.3 is 11.1 Å². The van der Waals surface area contributed by atoms with Crippen molar-refractivity contribution >= 4 is 21.8 Å². The van der Waals surface area contributed by atoms with E-state index in [1.54, 1.807) is 6.20 Å². The maximum atomic E-state index is 11.7. The normalized spacial score (nSPS) is 20.7. The molecule has 1 fully saturated rings. The van der Waals surface area contributed by atoms with Crippen molar-refractivity contribution in [3.8, 4) is 11.1 Å². The molecule has 26 heavy (non-hydrogen) atoms. The van der Waals surface area contributed by atoms with Gasteiger partial charge in [-0.3, -0.25) is 0 Å². The Morgan fingerprint density at radius 2 is 1.85 bits per heavy atom. The summed E-state index contributed by atoms with van der Waals surface area (Å²) in [5, 5.41) is 3.49. The Hall–Kier alpha value is -2.19. The van der Waals surface area contributed by atoms with Crippen LogP contribution in [0.15, 0.2) is 36.5 Å². The SMILES string of the molecule is CNS(=O)(=O)CC1CCC(Nc2nc(N)ncc2-c2ccccc2)CC1. The van der Waals surface area contributed by atoms with Crippen molar-refractivity contribution in [1.82, 2.24) is 14.7 Å². The van der Waals surface area contributed by atoms with Crippen molar-refractivity contribution < 1.29 is 8.42 Å². The fourth-order valence-corrected chi connectivity index (χ4v) is 4.52. The average Bonchev–Trinajstić information content (AvgIpc) is 2.64. The predicted molar refractivity (Wildman–Crippen MR) is 104 cm³/mol. The van der Waals surface area contributed by atoms with Gasteiger partial charge in [0.15, 0.2) is 0 Å². The smallest absolute Gasteiger partial charge is 0.221 e. The molecule has 0 saturated heterocycles. The van der Waals surface area contributed by atoms with Gasteiger partial charge in [-0.2, -0.15) is 4.98 Å². The van der Waals surface area contributed by atoms with E-state index in [0.29, 0.717) is 0 Å². The number of benzene rings is 1. The summed E-state index contributed by atoms with van der Waals surface area (Å²) in [6, 6.07) is 10.2. The van der Waals surface area contributed by atoms with Crippen LogP contribution in [-0.2, 0) is 10.0 Å². The van der Waals surface area contributed by atoms with E-state index in [-0.39, 0.29) is 23.7 Å². The molecule has 0 unspecified atom stereocenters. The third-order valence-electron chi connectivity index (χ3n) is 4.85. The van der Waals surface area contributed by atoms with Crippen LogP contribution in [0.3, 0.4) is 0 Å². The molecule has 0 bridgehead atoms. The summed E-state index contributed by atoms with van der Waals surface area (Å²) in [4.78, 5) is 8.51. The highest BCUT2D eigenvalue weighted by atomic mass is 32.2. The molecule has 7 nitrogen and oxygen atoms in total. The van der Waals surface area contributed by atoms with Gasteiger partial charge in [0, 0.05) is 17.8 Å². The molecule has 0 spiro atoms.